The monoisotopic (exact) mass is 749 g/mol. The number of aromatic nitrogens is 3. The molecule has 0 atom stereocenters. The van der Waals surface area contributed by atoms with Crippen LogP contribution >= 0.6 is 0 Å². The molecule has 3 heterocycles. The molecule has 274 valence electrons. The second-order valence-corrected chi connectivity index (χ2v) is 15.4. The lowest BCUT2D eigenvalue weighted by Crippen LogP contribution is -1.97. The van der Waals surface area contributed by atoms with E-state index in [1.54, 1.807) is 0 Å². The quantitative estimate of drug-likeness (QED) is 0.164. The average molecular weight is 750 g/mol. The molecule has 3 aromatic heterocycles. The van der Waals surface area contributed by atoms with Crippen LogP contribution in [-0.2, 0) is 0 Å². The molecule has 12 aromatic rings. The molecular formula is C56H35N3. The highest BCUT2D eigenvalue weighted by molar-refractivity contribution is 6.25. The van der Waals surface area contributed by atoms with Crippen LogP contribution in [0.2, 0.25) is 0 Å². The molecule has 0 spiro atoms. The van der Waals surface area contributed by atoms with Crippen molar-refractivity contribution in [1.82, 2.24) is 14.5 Å². The fourth-order valence-electron chi connectivity index (χ4n) is 9.06. The van der Waals surface area contributed by atoms with Gasteiger partial charge in [0.15, 0.2) is 0 Å². The van der Waals surface area contributed by atoms with Gasteiger partial charge in [-0.25, -0.2) is 9.97 Å². The van der Waals surface area contributed by atoms with Gasteiger partial charge in [-0.3, -0.25) is 0 Å². The fourth-order valence-corrected chi connectivity index (χ4v) is 9.06. The largest absolute Gasteiger partial charge is 0.309 e. The van der Waals surface area contributed by atoms with E-state index in [-0.39, 0.29) is 0 Å². The summed E-state index contributed by atoms with van der Waals surface area (Å²) in [5.41, 5.74) is 12.8. The van der Waals surface area contributed by atoms with Crippen molar-refractivity contribution in [2.75, 3.05) is 0 Å². The van der Waals surface area contributed by atoms with Crippen molar-refractivity contribution in [1.29, 1.82) is 0 Å². The van der Waals surface area contributed by atoms with Gasteiger partial charge in [-0.2, -0.15) is 0 Å². The lowest BCUT2D eigenvalue weighted by Gasteiger charge is -2.15. The first-order valence-corrected chi connectivity index (χ1v) is 20.1. The lowest BCUT2D eigenvalue weighted by atomic mass is 9.97. The van der Waals surface area contributed by atoms with Gasteiger partial charge in [-0.15, -0.1) is 0 Å². The molecule has 0 fully saturated rings. The standard InChI is InChI=1S/C56H35N3/c1-2-14-39(15-3-1)55-54-48(46-18-8-10-20-50(46)58-55)30-31-49-47-19-9-11-21-53(47)59(56(49)54)45-28-26-38(27-29-45)51-34-44(42-24-22-36-12-4-6-16-40(36)32-42)35-52(57-51)43-25-23-37-13-5-7-17-41(37)33-43/h1-35H. The van der Waals surface area contributed by atoms with Gasteiger partial charge < -0.3 is 4.57 Å². The Morgan fingerprint density at radius 1 is 0.322 bits per heavy atom. The molecule has 0 aliphatic rings. The van der Waals surface area contributed by atoms with Crippen LogP contribution in [0, 0.1) is 0 Å². The number of pyridine rings is 2. The van der Waals surface area contributed by atoms with Crippen LogP contribution in [0.25, 0.3) is 116 Å². The van der Waals surface area contributed by atoms with E-state index in [1.807, 2.05) is 0 Å². The minimum absolute atomic E-state index is 0.931. The summed E-state index contributed by atoms with van der Waals surface area (Å²) in [6, 6.07) is 76.3. The van der Waals surface area contributed by atoms with E-state index in [0.29, 0.717) is 0 Å². The Bertz CT molecular complexity index is 3500. The number of nitrogens with zero attached hydrogens (tertiary/aromatic N) is 3. The van der Waals surface area contributed by atoms with E-state index >= 15 is 0 Å². The Labute approximate surface area is 341 Å². The summed E-state index contributed by atoms with van der Waals surface area (Å²) in [5, 5.41) is 10.8. The van der Waals surface area contributed by atoms with Crippen molar-refractivity contribution >= 4 is 65.0 Å². The molecule has 3 nitrogen and oxygen atoms in total. The van der Waals surface area contributed by atoms with E-state index in [1.165, 1.54) is 43.3 Å². The number of hydrogen-bond acceptors (Lipinski definition) is 2. The van der Waals surface area contributed by atoms with E-state index in [9.17, 15) is 0 Å². The van der Waals surface area contributed by atoms with E-state index < -0.39 is 0 Å². The van der Waals surface area contributed by atoms with Gasteiger partial charge >= 0.3 is 0 Å². The second kappa shape index (κ2) is 13.4. The van der Waals surface area contributed by atoms with E-state index in [0.717, 1.165) is 72.3 Å². The molecule has 0 amide bonds. The SMILES string of the molecule is c1ccc(-c2nc3ccccc3c3ccc4c5ccccc5n(-c5ccc(-c6cc(-c7ccc8ccccc8c7)cc(-c7ccc8ccccc8c7)n6)cc5)c4c23)cc1. The van der Waals surface area contributed by atoms with Gasteiger partial charge in [-0.1, -0.05) is 164 Å². The first-order chi connectivity index (χ1) is 29.2. The topological polar surface area (TPSA) is 30.7 Å². The minimum atomic E-state index is 0.931. The second-order valence-electron chi connectivity index (χ2n) is 15.4. The summed E-state index contributed by atoms with van der Waals surface area (Å²) in [5.74, 6) is 0. The summed E-state index contributed by atoms with van der Waals surface area (Å²) in [7, 11) is 0. The van der Waals surface area contributed by atoms with Gasteiger partial charge in [0.25, 0.3) is 0 Å². The van der Waals surface area contributed by atoms with Crippen LogP contribution in [0.4, 0.5) is 0 Å². The Kier molecular flexibility index (Phi) is 7.54. The molecule has 0 radical (unpaired) electrons. The fraction of sp³-hybridized carbons (Fsp3) is 0. The highest BCUT2D eigenvalue weighted by Gasteiger charge is 2.20. The van der Waals surface area contributed by atoms with Crippen molar-refractivity contribution < 1.29 is 0 Å². The summed E-state index contributed by atoms with van der Waals surface area (Å²) < 4.78 is 2.43. The van der Waals surface area contributed by atoms with E-state index in [4.69, 9.17) is 9.97 Å². The average Bonchev–Trinajstić information content (AvgIpc) is 3.65. The smallest absolute Gasteiger partial charge is 0.0809 e. The van der Waals surface area contributed by atoms with Gasteiger partial charge in [0, 0.05) is 43.9 Å². The highest BCUT2D eigenvalue weighted by atomic mass is 15.0. The van der Waals surface area contributed by atoms with Crippen molar-refractivity contribution in [2.45, 2.75) is 0 Å². The summed E-state index contributed by atoms with van der Waals surface area (Å²) in [6.45, 7) is 0. The molecule has 0 aliphatic heterocycles. The number of fused-ring (bicyclic) bond motifs is 9. The molecule has 0 N–H and O–H groups in total. The molecule has 0 unspecified atom stereocenters. The van der Waals surface area contributed by atoms with Crippen LogP contribution in [0.15, 0.2) is 212 Å². The Hall–Kier alpha value is -7.88. The van der Waals surface area contributed by atoms with Crippen LogP contribution in [-0.4, -0.2) is 14.5 Å². The predicted molar refractivity (Wildman–Crippen MR) is 248 cm³/mol. The molecule has 0 bridgehead atoms. The zero-order chi connectivity index (χ0) is 38.9. The van der Waals surface area contributed by atoms with Gasteiger partial charge in [0.1, 0.15) is 0 Å². The summed E-state index contributed by atoms with van der Waals surface area (Å²) >= 11 is 0. The molecule has 0 saturated heterocycles. The first-order valence-electron chi connectivity index (χ1n) is 20.1. The highest BCUT2D eigenvalue weighted by Crippen LogP contribution is 2.42. The van der Waals surface area contributed by atoms with Crippen molar-refractivity contribution in [2.24, 2.45) is 0 Å². The van der Waals surface area contributed by atoms with Gasteiger partial charge in [0.05, 0.1) is 33.6 Å². The van der Waals surface area contributed by atoms with E-state index in [2.05, 4.69) is 217 Å². The summed E-state index contributed by atoms with van der Waals surface area (Å²) in [4.78, 5) is 10.7. The third kappa shape index (κ3) is 5.51. The predicted octanol–water partition coefficient (Wildman–Crippen LogP) is 14.9. The molecule has 3 heteroatoms. The number of benzene rings is 9. The number of rotatable bonds is 5. The van der Waals surface area contributed by atoms with Crippen molar-refractivity contribution in [3.63, 3.8) is 0 Å². The molecular weight excluding hydrogens is 715 g/mol. The first kappa shape index (κ1) is 33.3. The molecule has 0 saturated carbocycles. The van der Waals surface area contributed by atoms with Crippen LogP contribution in [0.1, 0.15) is 0 Å². The molecule has 0 aliphatic carbocycles. The Morgan fingerprint density at radius 3 is 1.66 bits per heavy atom. The Morgan fingerprint density at radius 2 is 0.898 bits per heavy atom. The van der Waals surface area contributed by atoms with Crippen LogP contribution in [0.5, 0.6) is 0 Å². The number of hydrogen-bond donors (Lipinski definition) is 0. The lowest BCUT2D eigenvalue weighted by molar-refractivity contribution is 1.18. The Balaban J connectivity index is 1.07. The van der Waals surface area contributed by atoms with Crippen LogP contribution < -0.4 is 0 Å². The maximum atomic E-state index is 5.36. The van der Waals surface area contributed by atoms with Gasteiger partial charge in [-0.05, 0) is 86.6 Å². The summed E-state index contributed by atoms with van der Waals surface area (Å²) in [6.07, 6.45) is 0. The third-order valence-corrected chi connectivity index (χ3v) is 11.9. The number of para-hydroxylation sites is 2. The zero-order valence-corrected chi connectivity index (χ0v) is 32.0. The van der Waals surface area contributed by atoms with Crippen molar-refractivity contribution in [3.8, 4) is 50.6 Å². The van der Waals surface area contributed by atoms with Gasteiger partial charge in [0.2, 0.25) is 0 Å². The maximum Gasteiger partial charge on any atom is 0.0809 e. The molecule has 12 rings (SSSR count). The minimum Gasteiger partial charge on any atom is -0.309 e. The van der Waals surface area contributed by atoms with Crippen LogP contribution in [0.3, 0.4) is 0 Å². The molecule has 9 aromatic carbocycles. The maximum absolute atomic E-state index is 5.36. The third-order valence-electron chi connectivity index (χ3n) is 11.9. The zero-order valence-electron chi connectivity index (χ0n) is 32.0. The molecule has 59 heavy (non-hydrogen) atoms. The van der Waals surface area contributed by atoms with Crippen molar-refractivity contribution in [3.05, 3.63) is 212 Å². The normalized spacial score (nSPS) is 11.7.